The van der Waals surface area contributed by atoms with Crippen molar-refractivity contribution in [3.63, 3.8) is 0 Å². The molecule has 1 aliphatic heterocycles. The summed E-state index contributed by atoms with van der Waals surface area (Å²) in [4.78, 5) is 16.3. The average Bonchev–Trinajstić information content (AvgIpc) is 2.93. The molecule has 6 heteroatoms. The fourth-order valence-corrected chi connectivity index (χ4v) is 2.31. The molecule has 19 heavy (non-hydrogen) atoms. The second kappa shape index (κ2) is 4.17. The fourth-order valence-electron chi connectivity index (χ4n) is 2.31. The van der Waals surface area contributed by atoms with Crippen molar-refractivity contribution in [1.82, 2.24) is 4.98 Å². The third-order valence-corrected chi connectivity index (χ3v) is 3.20. The minimum atomic E-state index is -1.08. The number of hydrogen-bond donors (Lipinski definition) is 2. The van der Waals surface area contributed by atoms with Crippen LogP contribution < -0.4 is 10.6 Å². The maximum absolute atomic E-state index is 13.7. The summed E-state index contributed by atoms with van der Waals surface area (Å²) in [5.74, 6) is -1.95. The van der Waals surface area contributed by atoms with Gasteiger partial charge in [0, 0.05) is 23.5 Å². The van der Waals surface area contributed by atoms with E-state index >= 15 is 0 Å². The van der Waals surface area contributed by atoms with Crippen LogP contribution in [0.25, 0.3) is 0 Å². The van der Waals surface area contributed by atoms with Gasteiger partial charge >= 0.3 is 0 Å². The minimum absolute atomic E-state index is 0.0537. The first-order chi connectivity index (χ1) is 9.08. The molecule has 1 unspecified atom stereocenters. The lowest BCUT2D eigenvalue weighted by atomic mass is 10.1. The molecule has 2 aromatic rings. The minimum Gasteiger partial charge on any atom is -0.364 e. The number of carbonyl (C=O) groups is 1. The summed E-state index contributed by atoms with van der Waals surface area (Å²) in [6.45, 7) is 0.204. The zero-order valence-electron chi connectivity index (χ0n) is 9.86. The van der Waals surface area contributed by atoms with Crippen molar-refractivity contribution in [1.29, 1.82) is 0 Å². The molecule has 0 bridgehead atoms. The van der Waals surface area contributed by atoms with Crippen LogP contribution in [0.1, 0.15) is 17.3 Å². The van der Waals surface area contributed by atoms with Crippen LogP contribution in [-0.4, -0.2) is 10.9 Å². The Labute approximate surface area is 107 Å². The Morgan fingerprint density at radius 3 is 2.84 bits per heavy atom. The molecule has 3 rings (SSSR count). The number of aromatic amines is 1. The lowest BCUT2D eigenvalue weighted by molar-refractivity contribution is -0.119. The van der Waals surface area contributed by atoms with E-state index in [1.165, 1.54) is 4.90 Å². The van der Waals surface area contributed by atoms with Gasteiger partial charge in [0.25, 0.3) is 0 Å². The smallest absolute Gasteiger partial charge is 0.249 e. The lowest BCUT2D eigenvalue weighted by Gasteiger charge is -2.16. The first-order valence-electron chi connectivity index (χ1n) is 5.76. The van der Waals surface area contributed by atoms with E-state index in [2.05, 4.69) is 4.98 Å². The van der Waals surface area contributed by atoms with E-state index in [1.807, 2.05) is 0 Å². The van der Waals surface area contributed by atoms with Crippen LogP contribution in [0.5, 0.6) is 0 Å². The van der Waals surface area contributed by atoms with Crippen molar-refractivity contribution in [2.45, 2.75) is 12.6 Å². The number of nitrogens with zero attached hydrogens (tertiary/aromatic N) is 1. The Morgan fingerprint density at radius 1 is 1.37 bits per heavy atom. The molecule has 98 valence electrons. The topological polar surface area (TPSA) is 62.1 Å². The van der Waals surface area contributed by atoms with Crippen LogP contribution in [0.2, 0.25) is 0 Å². The molecule has 1 aromatic heterocycles. The number of aromatic nitrogens is 1. The number of carbonyl (C=O) groups excluding carboxylic acids is 1. The van der Waals surface area contributed by atoms with Crippen molar-refractivity contribution in [2.24, 2.45) is 5.73 Å². The van der Waals surface area contributed by atoms with Crippen molar-refractivity contribution in [3.8, 4) is 0 Å². The molecule has 0 aliphatic carbocycles. The van der Waals surface area contributed by atoms with E-state index in [0.717, 1.165) is 17.8 Å². The number of rotatable bonds is 2. The highest BCUT2D eigenvalue weighted by atomic mass is 19.1. The molecule has 2 heterocycles. The highest BCUT2D eigenvalue weighted by Gasteiger charge is 2.37. The van der Waals surface area contributed by atoms with Crippen molar-refractivity contribution < 1.29 is 13.6 Å². The number of halogens is 2. The van der Waals surface area contributed by atoms with Crippen LogP contribution >= 0.6 is 0 Å². The largest absolute Gasteiger partial charge is 0.364 e. The summed E-state index contributed by atoms with van der Waals surface area (Å²) in [5, 5.41) is 0. The maximum Gasteiger partial charge on any atom is 0.249 e. The second-order valence-electron chi connectivity index (χ2n) is 4.42. The van der Waals surface area contributed by atoms with Crippen molar-refractivity contribution in [2.75, 3.05) is 4.90 Å². The van der Waals surface area contributed by atoms with E-state index in [0.29, 0.717) is 0 Å². The zero-order valence-corrected chi connectivity index (χ0v) is 9.86. The summed E-state index contributed by atoms with van der Waals surface area (Å²) in [6.07, 6.45) is 1.71. The zero-order chi connectivity index (χ0) is 13.6. The first-order valence-corrected chi connectivity index (χ1v) is 5.76. The van der Waals surface area contributed by atoms with Gasteiger partial charge in [0.05, 0.1) is 12.2 Å². The van der Waals surface area contributed by atoms with Gasteiger partial charge < -0.3 is 15.6 Å². The van der Waals surface area contributed by atoms with Gasteiger partial charge in [0.2, 0.25) is 5.91 Å². The molecule has 4 nitrogen and oxygen atoms in total. The third-order valence-electron chi connectivity index (χ3n) is 3.20. The number of hydrogen-bond acceptors (Lipinski definition) is 2. The molecular weight excluding hydrogens is 252 g/mol. The molecule has 1 amide bonds. The molecule has 1 atom stereocenters. The van der Waals surface area contributed by atoms with E-state index < -0.39 is 23.6 Å². The molecule has 0 spiro atoms. The summed E-state index contributed by atoms with van der Waals surface area (Å²) in [5.41, 5.74) is 6.71. The Bertz CT molecular complexity index is 640. The molecule has 3 N–H and O–H groups in total. The van der Waals surface area contributed by atoms with E-state index in [1.54, 1.807) is 18.3 Å². The van der Waals surface area contributed by atoms with Crippen LogP contribution in [0.3, 0.4) is 0 Å². The Hall–Kier alpha value is -2.21. The van der Waals surface area contributed by atoms with Crippen LogP contribution in [0.15, 0.2) is 30.5 Å². The molecule has 0 saturated carbocycles. The predicted octanol–water partition coefficient (Wildman–Crippen LogP) is 1.84. The van der Waals surface area contributed by atoms with Gasteiger partial charge in [-0.2, -0.15) is 0 Å². The Kier molecular flexibility index (Phi) is 2.60. The lowest BCUT2D eigenvalue weighted by Crippen LogP contribution is -2.31. The van der Waals surface area contributed by atoms with Gasteiger partial charge in [-0.05, 0) is 18.2 Å². The molecule has 1 aliphatic rings. The molecule has 1 aromatic carbocycles. The van der Waals surface area contributed by atoms with Crippen molar-refractivity contribution in [3.05, 3.63) is 53.4 Å². The number of benzene rings is 1. The summed E-state index contributed by atoms with van der Waals surface area (Å²) in [7, 11) is 0. The summed E-state index contributed by atoms with van der Waals surface area (Å²) in [6, 6.07) is 4.36. The Balaban J connectivity index is 2.06. The maximum atomic E-state index is 13.7. The fraction of sp³-hybridized carbons (Fsp3) is 0.154. The number of amides is 1. The van der Waals surface area contributed by atoms with Crippen molar-refractivity contribution >= 4 is 11.6 Å². The standard InChI is InChI=1S/C13H11F2N3O/c14-7-4-9(15)11-10(5-7)18(13(19)12(11)16)6-8-2-1-3-17-8/h1-5,12,17H,6,16H2. The van der Waals surface area contributed by atoms with Gasteiger partial charge in [-0.25, -0.2) is 8.78 Å². The monoisotopic (exact) mass is 263 g/mol. The molecular formula is C13H11F2N3O. The molecule has 0 radical (unpaired) electrons. The SMILES string of the molecule is NC1C(=O)N(Cc2ccc[nH]2)c2cc(F)cc(F)c21. The van der Waals surface area contributed by atoms with Gasteiger partial charge in [-0.1, -0.05) is 0 Å². The number of H-pyrrole nitrogens is 1. The number of nitrogens with two attached hydrogens (primary N) is 1. The highest BCUT2D eigenvalue weighted by Crippen LogP contribution is 2.37. The normalized spacial score (nSPS) is 17.9. The van der Waals surface area contributed by atoms with Gasteiger partial charge in [-0.3, -0.25) is 4.79 Å². The van der Waals surface area contributed by atoms with Gasteiger partial charge in [0.15, 0.2) is 0 Å². The van der Waals surface area contributed by atoms with E-state index in [4.69, 9.17) is 5.73 Å². The van der Waals surface area contributed by atoms with Crippen LogP contribution in [0, 0.1) is 11.6 Å². The van der Waals surface area contributed by atoms with E-state index in [-0.39, 0.29) is 17.8 Å². The summed E-state index contributed by atoms with van der Waals surface area (Å²) >= 11 is 0. The molecule has 0 saturated heterocycles. The second-order valence-corrected chi connectivity index (χ2v) is 4.42. The van der Waals surface area contributed by atoms with Crippen LogP contribution in [-0.2, 0) is 11.3 Å². The predicted molar refractivity (Wildman–Crippen MR) is 65.3 cm³/mol. The highest BCUT2D eigenvalue weighted by molar-refractivity contribution is 6.04. The summed E-state index contributed by atoms with van der Waals surface area (Å²) < 4.78 is 27.0. The third kappa shape index (κ3) is 1.80. The first kappa shape index (κ1) is 11.9. The van der Waals surface area contributed by atoms with Crippen LogP contribution in [0.4, 0.5) is 14.5 Å². The number of nitrogens with one attached hydrogen (secondary N) is 1. The average molecular weight is 263 g/mol. The van der Waals surface area contributed by atoms with E-state index in [9.17, 15) is 13.6 Å². The Morgan fingerprint density at radius 2 is 2.16 bits per heavy atom. The number of fused-ring (bicyclic) bond motifs is 1. The molecule has 0 fully saturated rings. The quantitative estimate of drug-likeness (QED) is 0.868. The van der Waals surface area contributed by atoms with Gasteiger partial charge in [-0.15, -0.1) is 0 Å². The van der Waals surface area contributed by atoms with Gasteiger partial charge in [0.1, 0.15) is 17.7 Å². The number of anilines is 1.